The molecule has 10 nitrogen and oxygen atoms in total. The van der Waals surface area contributed by atoms with Crippen LogP contribution in [0.3, 0.4) is 0 Å². The lowest BCUT2D eigenvalue weighted by atomic mass is 9.87. The van der Waals surface area contributed by atoms with Gasteiger partial charge in [-0.1, -0.05) is 65.8 Å². The molecule has 0 spiro atoms. The maximum atomic E-state index is 14.3. The van der Waals surface area contributed by atoms with Crippen molar-refractivity contribution in [2.24, 2.45) is 5.41 Å². The van der Waals surface area contributed by atoms with Gasteiger partial charge in [-0.15, -0.1) is 0 Å². The van der Waals surface area contributed by atoms with Crippen LogP contribution in [0.2, 0.25) is 0 Å². The zero-order valence-electron chi connectivity index (χ0n) is 27.7. The van der Waals surface area contributed by atoms with E-state index in [4.69, 9.17) is 4.74 Å². The van der Waals surface area contributed by atoms with Gasteiger partial charge in [-0.25, -0.2) is 28.1 Å². The van der Waals surface area contributed by atoms with Crippen LogP contribution in [-0.2, 0) is 22.0 Å². The highest BCUT2D eigenvalue weighted by molar-refractivity contribution is 7.92. The molecule has 0 aliphatic carbocycles. The number of anilines is 1. The lowest BCUT2D eigenvalue weighted by Crippen LogP contribution is -2.45. The molecule has 46 heavy (non-hydrogen) atoms. The summed E-state index contributed by atoms with van der Waals surface area (Å²) >= 11 is 0. The van der Waals surface area contributed by atoms with Gasteiger partial charge < -0.3 is 9.64 Å². The topological polar surface area (TPSA) is 127 Å². The number of aryl methyl sites for hydroxylation is 2. The monoisotopic (exact) mass is 642 g/mol. The molecule has 5 rings (SSSR count). The Morgan fingerprint density at radius 2 is 1.59 bits per heavy atom. The van der Waals surface area contributed by atoms with E-state index in [9.17, 15) is 13.2 Å². The smallest absolute Gasteiger partial charge is 0.264 e. The molecule has 1 atom stereocenters. The van der Waals surface area contributed by atoms with E-state index in [0.29, 0.717) is 17.9 Å². The number of hydrogen-bond donors (Lipinski definition) is 1. The van der Waals surface area contributed by atoms with Gasteiger partial charge >= 0.3 is 0 Å². The highest BCUT2D eigenvalue weighted by Gasteiger charge is 2.32. The summed E-state index contributed by atoms with van der Waals surface area (Å²) in [5, 5.41) is 0. The highest BCUT2D eigenvalue weighted by Crippen LogP contribution is 2.32. The maximum absolute atomic E-state index is 14.3. The summed E-state index contributed by atoms with van der Waals surface area (Å²) in [6.07, 6.45) is 4.09. The van der Waals surface area contributed by atoms with Gasteiger partial charge in [-0.2, -0.15) is 4.98 Å². The van der Waals surface area contributed by atoms with Crippen LogP contribution in [-0.4, -0.2) is 51.8 Å². The number of ether oxygens (including phenoxy) is 1. The fraction of sp³-hybridized carbons (Fsp3) is 0.400. The van der Waals surface area contributed by atoms with E-state index in [1.165, 1.54) is 12.1 Å². The van der Waals surface area contributed by atoms with Crippen molar-refractivity contribution in [2.75, 3.05) is 11.3 Å². The van der Waals surface area contributed by atoms with Crippen molar-refractivity contribution >= 4 is 21.9 Å². The van der Waals surface area contributed by atoms with Crippen LogP contribution in [0.25, 0.3) is 11.3 Å². The van der Waals surface area contributed by atoms with Crippen molar-refractivity contribution in [3.63, 3.8) is 0 Å². The Bertz CT molecular complexity index is 1840. The molecule has 2 aromatic carbocycles. The van der Waals surface area contributed by atoms with Crippen molar-refractivity contribution in [1.82, 2.24) is 24.8 Å². The first-order chi connectivity index (χ1) is 21.5. The minimum atomic E-state index is -4.16. The Labute approximate surface area is 271 Å². The van der Waals surface area contributed by atoms with Gasteiger partial charge in [-0.05, 0) is 55.0 Å². The molecule has 1 aliphatic rings. The first-order valence-electron chi connectivity index (χ1n) is 15.3. The Morgan fingerprint density at radius 3 is 2.22 bits per heavy atom. The Balaban J connectivity index is 1.65. The van der Waals surface area contributed by atoms with E-state index < -0.39 is 16.1 Å². The van der Waals surface area contributed by atoms with E-state index in [1.807, 2.05) is 52.8 Å². The van der Waals surface area contributed by atoms with Crippen LogP contribution in [0.4, 0.5) is 5.95 Å². The van der Waals surface area contributed by atoms with Crippen LogP contribution >= 0.6 is 0 Å². The van der Waals surface area contributed by atoms with Crippen LogP contribution in [0.5, 0.6) is 5.88 Å². The second-order valence-electron chi connectivity index (χ2n) is 14.1. The van der Waals surface area contributed by atoms with Gasteiger partial charge in [0.15, 0.2) is 0 Å². The highest BCUT2D eigenvalue weighted by atomic mass is 32.2. The van der Waals surface area contributed by atoms with Gasteiger partial charge in [-0.3, -0.25) is 4.79 Å². The zero-order valence-corrected chi connectivity index (χ0v) is 28.6. The summed E-state index contributed by atoms with van der Waals surface area (Å²) in [4.78, 5) is 34.2. The first-order valence-corrected chi connectivity index (χ1v) is 16.8. The normalized spacial score (nSPS) is 16.8. The number of nitrogens with zero attached hydrogens (tertiary/aromatic N) is 5. The quantitative estimate of drug-likeness (QED) is 0.268. The number of fused-ring (bicyclic) bond motifs is 4. The predicted octanol–water partition coefficient (Wildman–Crippen LogP) is 6.49. The molecule has 0 saturated heterocycles. The lowest BCUT2D eigenvalue weighted by molar-refractivity contribution is 0.0512. The molecule has 11 heteroatoms. The second kappa shape index (κ2) is 12.4. The molecule has 0 unspecified atom stereocenters. The number of carbonyl (C=O) groups excluding carboxylic acids is 1. The first kappa shape index (κ1) is 33.0. The number of hydrogen-bond acceptors (Lipinski definition) is 8. The van der Waals surface area contributed by atoms with Gasteiger partial charge in [0.1, 0.15) is 12.4 Å². The van der Waals surface area contributed by atoms with Crippen molar-refractivity contribution in [3.05, 3.63) is 89.0 Å². The number of sulfonamides is 1. The second-order valence-corrected chi connectivity index (χ2v) is 15.8. The predicted molar refractivity (Wildman–Crippen MR) is 178 cm³/mol. The summed E-state index contributed by atoms with van der Waals surface area (Å²) in [6.45, 7) is 16.7. The molecule has 1 aliphatic heterocycles. The maximum Gasteiger partial charge on any atom is 0.264 e. The molecule has 3 heterocycles. The van der Waals surface area contributed by atoms with Crippen LogP contribution < -0.4 is 9.46 Å². The standard InChI is InChI=1S/C35H42N6O4S/c1-22-11-9-12-23(2)30(22)28-16-29-39-33(38-28)40-46(43,44)27-14-10-13-25(15-27)31(42)41(26(21-45-29)17-34(3,4)5)20-24-18-36-32(37-19-24)35(6,7)8/h9-16,18-19,26H,17,20-21H2,1-8H3,(H,38,39,40)/t26-/m1/s1. The summed E-state index contributed by atoms with van der Waals surface area (Å²) in [7, 11) is -4.16. The Kier molecular flexibility index (Phi) is 8.92. The van der Waals surface area contributed by atoms with Crippen LogP contribution in [0, 0.1) is 19.3 Å². The van der Waals surface area contributed by atoms with Gasteiger partial charge in [0.25, 0.3) is 15.9 Å². The Hall–Kier alpha value is -4.38. The van der Waals surface area contributed by atoms with E-state index in [-0.39, 0.29) is 52.2 Å². The van der Waals surface area contributed by atoms with Gasteiger partial charge in [0.05, 0.1) is 16.6 Å². The summed E-state index contributed by atoms with van der Waals surface area (Å²) < 4.78 is 36.1. The molecule has 1 amide bonds. The third kappa shape index (κ3) is 7.52. The SMILES string of the molecule is Cc1cccc(C)c1-c1cc2nc(n1)NS(=O)(=O)c1cccc(c1)C(=O)N(Cc1cnc(C(C)(C)C)nc1)[C@H](CC(C)(C)C)CO2. The van der Waals surface area contributed by atoms with E-state index in [0.717, 1.165) is 22.3 Å². The number of aromatic nitrogens is 4. The van der Waals surface area contributed by atoms with Gasteiger partial charge in [0.2, 0.25) is 11.8 Å². The minimum absolute atomic E-state index is 0.0775. The number of amides is 1. The molecule has 0 radical (unpaired) electrons. The number of nitrogens with one attached hydrogen (secondary N) is 1. The van der Waals surface area contributed by atoms with E-state index in [1.54, 1.807) is 35.5 Å². The van der Waals surface area contributed by atoms with Crippen molar-refractivity contribution in [1.29, 1.82) is 0 Å². The molecule has 242 valence electrons. The van der Waals surface area contributed by atoms with Crippen LogP contribution in [0.1, 0.15) is 80.8 Å². The van der Waals surface area contributed by atoms with Crippen molar-refractivity contribution < 1.29 is 17.9 Å². The number of benzene rings is 2. The lowest BCUT2D eigenvalue weighted by Gasteiger charge is -2.35. The van der Waals surface area contributed by atoms with E-state index in [2.05, 4.69) is 45.4 Å². The average Bonchev–Trinajstić information content (AvgIpc) is 2.96. The van der Waals surface area contributed by atoms with Crippen molar-refractivity contribution in [3.8, 4) is 17.1 Å². The molecular weight excluding hydrogens is 600 g/mol. The molecule has 4 aromatic rings. The largest absolute Gasteiger partial charge is 0.475 e. The molecule has 1 N–H and O–H groups in total. The number of carbonyl (C=O) groups is 1. The van der Waals surface area contributed by atoms with Crippen LogP contribution in [0.15, 0.2) is 65.8 Å². The van der Waals surface area contributed by atoms with Crippen molar-refractivity contribution in [2.45, 2.75) is 84.7 Å². The molecule has 0 saturated carbocycles. The molecule has 4 bridgehead atoms. The molecule has 0 fully saturated rings. The summed E-state index contributed by atoms with van der Waals surface area (Å²) in [5.74, 6) is 0.446. The number of rotatable bonds is 4. The van der Waals surface area contributed by atoms with E-state index >= 15 is 0 Å². The zero-order chi connectivity index (χ0) is 33.4. The summed E-state index contributed by atoms with van der Waals surface area (Å²) in [5.41, 5.74) is 3.92. The fourth-order valence-corrected chi connectivity index (χ4v) is 6.56. The average molecular weight is 643 g/mol. The summed E-state index contributed by atoms with van der Waals surface area (Å²) in [6, 6.07) is 13.2. The third-order valence-corrected chi connectivity index (χ3v) is 9.08. The fourth-order valence-electron chi connectivity index (χ4n) is 5.57. The Morgan fingerprint density at radius 1 is 0.935 bits per heavy atom. The minimum Gasteiger partial charge on any atom is -0.475 e. The third-order valence-electron chi connectivity index (χ3n) is 7.76. The van der Waals surface area contributed by atoms with Gasteiger partial charge in [0, 0.05) is 47.1 Å². The molecular formula is C35H42N6O4S. The molecule has 2 aromatic heterocycles.